The first-order valence-electron chi connectivity index (χ1n) is 10.2. The lowest BCUT2D eigenvalue weighted by atomic mass is 10.0. The first kappa shape index (κ1) is 21.0. The number of rotatable bonds is 7. The molecule has 0 saturated heterocycles. The van der Waals surface area contributed by atoms with Gasteiger partial charge in [-0.2, -0.15) is 0 Å². The second kappa shape index (κ2) is 9.30. The van der Waals surface area contributed by atoms with E-state index in [1.165, 1.54) is 6.92 Å². The zero-order chi connectivity index (χ0) is 22.5. The number of fused-ring (bicyclic) bond motifs is 1. The average molecular weight is 429 g/mol. The van der Waals surface area contributed by atoms with Crippen LogP contribution in [-0.2, 0) is 16.0 Å². The summed E-state index contributed by atoms with van der Waals surface area (Å²) in [5.74, 6) is -0.00846. The molecular formula is C24H23N5O3. The summed E-state index contributed by atoms with van der Waals surface area (Å²) >= 11 is 0. The van der Waals surface area contributed by atoms with Gasteiger partial charge in [-0.25, -0.2) is 9.97 Å². The molecule has 162 valence electrons. The van der Waals surface area contributed by atoms with E-state index >= 15 is 0 Å². The fourth-order valence-corrected chi connectivity index (χ4v) is 3.48. The molecule has 2 heterocycles. The summed E-state index contributed by atoms with van der Waals surface area (Å²) in [5.41, 5.74) is 3.38. The maximum Gasteiger partial charge on any atom is 0.321 e. The number of carbonyl (C=O) groups is 2. The molecule has 0 bridgehead atoms. The van der Waals surface area contributed by atoms with Gasteiger partial charge in [-0.1, -0.05) is 18.2 Å². The molecular weight excluding hydrogens is 406 g/mol. The van der Waals surface area contributed by atoms with E-state index in [-0.39, 0.29) is 17.8 Å². The zero-order valence-electron chi connectivity index (χ0n) is 17.8. The molecule has 0 aliphatic rings. The number of carbonyl (C=O) groups excluding carboxylic acids is 2. The third kappa shape index (κ3) is 4.92. The summed E-state index contributed by atoms with van der Waals surface area (Å²) < 4.78 is 5.63. The van der Waals surface area contributed by atoms with Crippen LogP contribution in [0.3, 0.4) is 0 Å². The summed E-state index contributed by atoms with van der Waals surface area (Å²) in [5, 5.41) is 6.70. The van der Waals surface area contributed by atoms with Crippen molar-refractivity contribution in [3.63, 3.8) is 0 Å². The van der Waals surface area contributed by atoms with Crippen LogP contribution in [0.25, 0.3) is 10.9 Å². The number of hydrogen-bond donors (Lipinski definition) is 3. The Morgan fingerprint density at radius 1 is 1.09 bits per heavy atom. The van der Waals surface area contributed by atoms with Gasteiger partial charge in [0.25, 0.3) is 0 Å². The van der Waals surface area contributed by atoms with Gasteiger partial charge >= 0.3 is 6.01 Å². The van der Waals surface area contributed by atoms with Crippen molar-refractivity contribution >= 4 is 28.4 Å². The maximum absolute atomic E-state index is 13.1. The number of ether oxygens (including phenoxy) is 1. The van der Waals surface area contributed by atoms with Crippen LogP contribution in [0, 0.1) is 6.92 Å². The minimum Gasteiger partial charge on any atom is -0.424 e. The van der Waals surface area contributed by atoms with E-state index in [0.717, 1.165) is 22.0 Å². The molecule has 4 aromatic rings. The van der Waals surface area contributed by atoms with E-state index in [1.807, 2.05) is 37.4 Å². The second-order valence-corrected chi connectivity index (χ2v) is 7.42. The molecule has 2 amide bonds. The molecule has 3 N–H and O–H groups in total. The normalized spacial score (nSPS) is 11.7. The molecule has 8 heteroatoms. The predicted molar refractivity (Wildman–Crippen MR) is 122 cm³/mol. The molecule has 32 heavy (non-hydrogen) atoms. The van der Waals surface area contributed by atoms with Gasteiger partial charge in [-0.05, 0) is 48.4 Å². The first-order chi connectivity index (χ1) is 15.5. The van der Waals surface area contributed by atoms with Gasteiger partial charge in [0.1, 0.15) is 11.8 Å². The minimum atomic E-state index is -0.722. The van der Waals surface area contributed by atoms with Crippen molar-refractivity contribution in [1.82, 2.24) is 20.3 Å². The molecule has 2 aromatic carbocycles. The van der Waals surface area contributed by atoms with Gasteiger partial charge in [-0.3, -0.25) is 9.59 Å². The third-order valence-corrected chi connectivity index (χ3v) is 5.00. The monoisotopic (exact) mass is 429 g/mol. The van der Waals surface area contributed by atoms with Gasteiger partial charge in [-0.15, -0.1) is 0 Å². The Morgan fingerprint density at radius 3 is 2.62 bits per heavy atom. The highest BCUT2D eigenvalue weighted by atomic mass is 16.5. The predicted octanol–water partition coefficient (Wildman–Crippen LogP) is 3.74. The highest BCUT2D eigenvalue weighted by Gasteiger charge is 2.22. The Hall–Kier alpha value is -4.20. The van der Waals surface area contributed by atoms with Crippen LogP contribution in [0.15, 0.2) is 67.1 Å². The molecule has 0 aliphatic carbocycles. The fraction of sp³-hybridized carbons (Fsp3) is 0.167. The number of aryl methyl sites for hydroxylation is 1. The lowest BCUT2D eigenvalue weighted by molar-refractivity contribution is -0.125. The number of anilines is 1. The van der Waals surface area contributed by atoms with Crippen molar-refractivity contribution in [2.24, 2.45) is 0 Å². The standard InChI is InChI=1S/C24H23N5O3/c1-15-12-18(32-24-25-10-5-11-26-24)8-9-20(15)29-23(31)22(28-16(2)30)13-17-14-27-21-7-4-3-6-19(17)21/h3-12,14,22,27H,13H2,1-2H3,(H,28,30)(H,29,31). The largest absolute Gasteiger partial charge is 0.424 e. The van der Waals surface area contributed by atoms with Crippen molar-refractivity contribution in [1.29, 1.82) is 0 Å². The number of aromatic amines is 1. The Morgan fingerprint density at radius 2 is 1.88 bits per heavy atom. The number of para-hydroxylation sites is 1. The SMILES string of the molecule is CC(=O)NC(Cc1c[nH]c2ccccc12)C(=O)Nc1ccc(Oc2ncccn2)cc1C. The van der Waals surface area contributed by atoms with Gasteiger partial charge in [0.05, 0.1) is 0 Å². The van der Waals surface area contributed by atoms with Crippen LogP contribution in [-0.4, -0.2) is 32.8 Å². The minimum absolute atomic E-state index is 0.244. The first-order valence-corrected chi connectivity index (χ1v) is 10.2. The summed E-state index contributed by atoms with van der Waals surface area (Å²) in [7, 11) is 0. The molecule has 1 atom stereocenters. The maximum atomic E-state index is 13.1. The Bertz CT molecular complexity index is 1250. The summed E-state index contributed by atoms with van der Waals surface area (Å²) in [6.07, 6.45) is 5.43. The van der Waals surface area contributed by atoms with Gasteiger partial charge < -0.3 is 20.4 Å². The van der Waals surface area contributed by atoms with E-state index < -0.39 is 6.04 Å². The lowest BCUT2D eigenvalue weighted by Crippen LogP contribution is -2.44. The van der Waals surface area contributed by atoms with E-state index in [1.54, 1.807) is 36.7 Å². The van der Waals surface area contributed by atoms with Crippen LogP contribution in [0.5, 0.6) is 11.8 Å². The van der Waals surface area contributed by atoms with E-state index in [4.69, 9.17) is 4.74 Å². The highest BCUT2D eigenvalue weighted by Crippen LogP contribution is 2.25. The van der Waals surface area contributed by atoms with E-state index in [0.29, 0.717) is 17.9 Å². The molecule has 8 nitrogen and oxygen atoms in total. The van der Waals surface area contributed by atoms with Gasteiger partial charge in [0, 0.05) is 48.5 Å². The Kier molecular flexibility index (Phi) is 6.12. The van der Waals surface area contributed by atoms with Crippen LogP contribution >= 0.6 is 0 Å². The highest BCUT2D eigenvalue weighted by molar-refractivity contribution is 5.98. The van der Waals surface area contributed by atoms with Gasteiger partial charge in [0.2, 0.25) is 11.8 Å². The van der Waals surface area contributed by atoms with Crippen LogP contribution < -0.4 is 15.4 Å². The van der Waals surface area contributed by atoms with Crippen molar-refractivity contribution in [2.45, 2.75) is 26.3 Å². The summed E-state index contributed by atoms with van der Waals surface area (Å²) in [4.78, 5) is 36.1. The van der Waals surface area contributed by atoms with Crippen molar-refractivity contribution < 1.29 is 14.3 Å². The molecule has 0 aliphatic heterocycles. The second-order valence-electron chi connectivity index (χ2n) is 7.42. The number of amides is 2. The Labute approximate surface area is 185 Å². The number of nitrogens with zero attached hydrogens (tertiary/aromatic N) is 2. The number of aromatic nitrogens is 3. The van der Waals surface area contributed by atoms with Gasteiger partial charge in [0.15, 0.2) is 0 Å². The van der Waals surface area contributed by atoms with Crippen LogP contribution in [0.4, 0.5) is 5.69 Å². The molecule has 0 spiro atoms. The number of nitrogens with one attached hydrogen (secondary N) is 3. The molecule has 0 fully saturated rings. The quantitative estimate of drug-likeness (QED) is 0.415. The summed E-state index contributed by atoms with van der Waals surface area (Å²) in [6.45, 7) is 3.26. The molecule has 1 unspecified atom stereocenters. The van der Waals surface area contributed by atoms with E-state index in [2.05, 4.69) is 25.6 Å². The van der Waals surface area contributed by atoms with Crippen LogP contribution in [0.1, 0.15) is 18.1 Å². The average Bonchev–Trinajstić information content (AvgIpc) is 3.18. The molecule has 0 radical (unpaired) electrons. The van der Waals surface area contributed by atoms with Crippen molar-refractivity contribution in [2.75, 3.05) is 5.32 Å². The fourth-order valence-electron chi connectivity index (χ4n) is 3.48. The third-order valence-electron chi connectivity index (χ3n) is 5.00. The lowest BCUT2D eigenvalue weighted by Gasteiger charge is -2.18. The molecule has 4 rings (SSSR count). The smallest absolute Gasteiger partial charge is 0.321 e. The zero-order valence-corrected chi connectivity index (χ0v) is 17.8. The number of benzene rings is 2. The molecule has 2 aromatic heterocycles. The number of hydrogen-bond acceptors (Lipinski definition) is 5. The number of H-pyrrole nitrogens is 1. The molecule has 0 saturated carbocycles. The Balaban J connectivity index is 1.49. The van der Waals surface area contributed by atoms with Crippen LogP contribution in [0.2, 0.25) is 0 Å². The topological polar surface area (TPSA) is 109 Å². The van der Waals surface area contributed by atoms with Crippen molar-refractivity contribution in [3.05, 3.63) is 78.2 Å². The van der Waals surface area contributed by atoms with E-state index in [9.17, 15) is 9.59 Å². The summed E-state index contributed by atoms with van der Waals surface area (Å²) in [6, 6.07) is 14.4. The van der Waals surface area contributed by atoms with Crippen molar-refractivity contribution in [3.8, 4) is 11.8 Å².